The molecule has 1 amide bonds. The van der Waals surface area contributed by atoms with Crippen molar-refractivity contribution in [3.63, 3.8) is 0 Å². The summed E-state index contributed by atoms with van der Waals surface area (Å²) in [7, 11) is 0. The average Bonchev–Trinajstić information content (AvgIpc) is 2.86. The molecule has 4 nitrogen and oxygen atoms in total. The van der Waals surface area contributed by atoms with Gasteiger partial charge in [-0.05, 0) is 12.8 Å². The highest BCUT2D eigenvalue weighted by Gasteiger charge is 2.37. The van der Waals surface area contributed by atoms with Crippen molar-refractivity contribution < 1.29 is 4.79 Å². The summed E-state index contributed by atoms with van der Waals surface area (Å²) in [4.78, 5) is 18.1. The third-order valence-electron chi connectivity index (χ3n) is 4.31. The molecule has 2 aliphatic rings. The molecule has 2 heterocycles. The molecule has 1 saturated carbocycles. The van der Waals surface area contributed by atoms with Crippen molar-refractivity contribution in [2.45, 2.75) is 50.3 Å². The van der Waals surface area contributed by atoms with Crippen molar-refractivity contribution >= 4 is 34.1 Å². The van der Waals surface area contributed by atoms with Crippen molar-refractivity contribution in [2.75, 3.05) is 24.2 Å². The lowest BCUT2D eigenvalue weighted by Gasteiger charge is -2.44. The van der Waals surface area contributed by atoms with E-state index in [0.717, 1.165) is 23.9 Å². The molecule has 0 unspecified atom stereocenters. The van der Waals surface area contributed by atoms with Crippen LogP contribution in [0.4, 0.5) is 5.13 Å². The summed E-state index contributed by atoms with van der Waals surface area (Å²) < 4.78 is 0.507. The first kappa shape index (κ1) is 15.3. The first-order chi connectivity index (χ1) is 10.2. The summed E-state index contributed by atoms with van der Waals surface area (Å²) in [6, 6.07) is 0. The van der Waals surface area contributed by atoms with Crippen LogP contribution in [0.3, 0.4) is 0 Å². The zero-order chi connectivity index (χ0) is 14.7. The van der Waals surface area contributed by atoms with Gasteiger partial charge in [0.15, 0.2) is 5.13 Å². The standard InChI is InChI=1S/C15H23N3OS2/c1-12(19)16-14-17-13(10-20-14)9-18-7-8-21-15(11-18)5-3-2-4-6-15/h10H,2-9,11H2,1H3,(H,16,17,19). The van der Waals surface area contributed by atoms with Crippen LogP contribution in [0, 0.1) is 0 Å². The van der Waals surface area contributed by atoms with E-state index in [1.165, 1.54) is 62.7 Å². The number of carbonyl (C=O) groups is 1. The minimum Gasteiger partial charge on any atom is -0.302 e. The fourth-order valence-corrected chi connectivity index (χ4v) is 5.75. The van der Waals surface area contributed by atoms with E-state index in [-0.39, 0.29) is 5.91 Å². The monoisotopic (exact) mass is 325 g/mol. The second-order valence-electron chi connectivity index (χ2n) is 6.13. The average molecular weight is 326 g/mol. The second-order valence-corrected chi connectivity index (χ2v) is 8.55. The largest absolute Gasteiger partial charge is 0.302 e. The number of nitrogens with one attached hydrogen (secondary N) is 1. The number of aromatic nitrogens is 1. The summed E-state index contributed by atoms with van der Waals surface area (Å²) in [6.45, 7) is 4.79. The van der Waals surface area contributed by atoms with E-state index in [2.05, 4.69) is 32.3 Å². The highest BCUT2D eigenvalue weighted by atomic mass is 32.2. The summed E-state index contributed by atoms with van der Waals surface area (Å²) >= 11 is 3.72. The molecule has 21 heavy (non-hydrogen) atoms. The Morgan fingerprint density at radius 3 is 3.00 bits per heavy atom. The van der Waals surface area contributed by atoms with Crippen molar-refractivity contribution in [2.24, 2.45) is 0 Å². The van der Waals surface area contributed by atoms with Crippen LogP contribution in [-0.4, -0.2) is 39.4 Å². The van der Waals surface area contributed by atoms with Crippen molar-refractivity contribution in [3.8, 4) is 0 Å². The van der Waals surface area contributed by atoms with E-state index < -0.39 is 0 Å². The molecule has 2 fully saturated rings. The van der Waals surface area contributed by atoms with E-state index in [1.54, 1.807) is 0 Å². The molecule has 1 aliphatic heterocycles. The number of amides is 1. The molecule has 1 aliphatic carbocycles. The van der Waals surface area contributed by atoms with Crippen LogP contribution in [0.15, 0.2) is 5.38 Å². The quantitative estimate of drug-likeness (QED) is 0.925. The number of carbonyl (C=O) groups excluding carboxylic acids is 1. The summed E-state index contributed by atoms with van der Waals surface area (Å²) in [5, 5.41) is 5.55. The van der Waals surface area contributed by atoms with Gasteiger partial charge < -0.3 is 5.32 Å². The van der Waals surface area contributed by atoms with Gasteiger partial charge in [0, 0.05) is 42.4 Å². The molecule has 1 aromatic heterocycles. The minimum atomic E-state index is -0.0496. The lowest BCUT2D eigenvalue weighted by Crippen LogP contribution is -2.47. The number of thiazole rings is 1. The Kier molecular flexibility index (Phi) is 4.86. The van der Waals surface area contributed by atoms with Crippen LogP contribution in [0.2, 0.25) is 0 Å². The smallest absolute Gasteiger partial charge is 0.223 e. The molecule has 1 N–H and O–H groups in total. The first-order valence-electron chi connectivity index (χ1n) is 7.74. The molecule has 0 radical (unpaired) electrons. The van der Waals surface area contributed by atoms with Crippen LogP contribution < -0.4 is 5.32 Å². The number of hydrogen-bond acceptors (Lipinski definition) is 5. The molecule has 0 atom stereocenters. The zero-order valence-electron chi connectivity index (χ0n) is 12.6. The molecule has 1 spiro atoms. The molecular weight excluding hydrogens is 302 g/mol. The van der Waals surface area contributed by atoms with Crippen molar-refractivity contribution in [1.82, 2.24) is 9.88 Å². The van der Waals surface area contributed by atoms with Crippen LogP contribution in [-0.2, 0) is 11.3 Å². The molecule has 6 heteroatoms. The summed E-state index contributed by atoms with van der Waals surface area (Å²) in [6.07, 6.45) is 6.95. The lowest BCUT2D eigenvalue weighted by molar-refractivity contribution is -0.114. The van der Waals surface area contributed by atoms with E-state index in [9.17, 15) is 4.79 Å². The maximum absolute atomic E-state index is 11.1. The Balaban J connectivity index is 1.59. The van der Waals surface area contributed by atoms with Gasteiger partial charge >= 0.3 is 0 Å². The lowest BCUT2D eigenvalue weighted by atomic mass is 9.87. The van der Waals surface area contributed by atoms with E-state index >= 15 is 0 Å². The second kappa shape index (κ2) is 6.67. The predicted molar refractivity (Wildman–Crippen MR) is 90.0 cm³/mol. The third-order valence-corrected chi connectivity index (χ3v) is 6.66. The molecule has 0 bridgehead atoms. The van der Waals surface area contributed by atoms with E-state index in [4.69, 9.17) is 0 Å². The van der Waals surface area contributed by atoms with Gasteiger partial charge in [-0.15, -0.1) is 11.3 Å². The van der Waals surface area contributed by atoms with Crippen LogP contribution in [0.25, 0.3) is 0 Å². The van der Waals surface area contributed by atoms with Crippen molar-refractivity contribution in [1.29, 1.82) is 0 Å². The zero-order valence-corrected chi connectivity index (χ0v) is 14.2. The fraction of sp³-hybridized carbons (Fsp3) is 0.733. The number of thioether (sulfide) groups is 1. The Hall–Kier alpha value is -0.590. The van der Waals surface area contributed by atoms with Gasteiger partial charge in [0.1, 0.15) is 0 Å². The van der Waals surface area contributed by atoms with Gasteiger partial charge in [0.2, 0.25) is 5.91 Å². The van der Waals surface area contributed by atoms with Gasteiger partial charge in [-0.2, -0.15) is 11.8 Å². The van der Waals surface area contributed by atoms with E-state index in [0.29, 0.717) is 4.75 Å². The Morgan fingerprint density at radius 1 is 1.43 bits per heavy atom. The van der Waals surface area contributed by atoms with Gasteiger partial charge in [-0.1, -0.05) is 19.3 Å². The van der Waals surface area contributed by atoms with Crippen molar-refractivity contribution in [3.05, 3.63) is 11.1 Å². The van der Waals surface area contributed by atoms with Gasteiger partial charge in [-0.3, -0.25) is 9.69 Å². The Labute approximate surface area is 134 Å². The van der Waals surface area contributed by atoms with Crippen LogP contribution in [0.5, 0.6) is 0 Å². The number of rotatable bonds is 3. The third kappa shape index (κ3) is 3.99. The molecule has 1 aromatic rings. The van der Waals surface area contributed by atoms with Gasteiger partial charge in [-0.25, -0.2) is 4.98 Å². The maximum atomic E-state index is 11.1. The fourth-order valence-electron chi connectivity index (χ4n) is 3.37. The minimum absolute atomic E-state index is 0.0496. The molecule has 3 rings (SSSR count). The molecule has 0 aromatic carbocycles. The van der Waals surface area contributed by atoms with Crippen LogP contribution >= 0.6 is 23.1 Å². The number of hydrogen-bond donors (Lipinski definition) is 1. The first-order valence-corrected chi connectivity index (χ1v) is 9.60. The Morgan fingerprint density at radius 2 is 2.24 bits per heavy atom. The van der Waals surface area contributed by atoms with Crippen LogP contribution in [0.1, 0.15) is 44.7 Å². The predicted octanol–water partition coefficient (Wildman–Crippen LogP) is 3.35. The summed E-state index contributed by atoms with van der Waals surface area (Å²) in [5.41, 5.74) is 1.08. The molecule has 1 saturated heterocycles. The highest BCUT2D eigenvalue weighted by Crippen LogP contribution is 2.43. The molecular formula is C15H23N3OS2. The highest BCUT2D eigenvalue weighted by molar-refractivity contribution is 8.00. The molecule has 116 valence electrons. The number of nitrogens with zero attached hydrogens (tertiary/aromatic N) is 2. The van der Waals surface area contributed by atoms with E-state index in [1.807, 2.05) is 0 Å². The SMILES string of the molecule is CC(=O)Nc1nc(CN2CCSC3(CCCCC3)C2)cs1. The Bertz CT molecular complexity index is 491. The maximum Gasteiger partial charge on any atom is 0.223 e. The topological polar surface area (TPSA) is 45.2 Å². The summed E-state index contributed by atoms with van der Waals surface area (Å²) in [5.74, 6) is 1.19. The normalized spacial score (nSPS) is 22.3. The number of anilines is 1. The van der Waals surface area contributed by atoms with Gasteiger partial charge in [0.25, 0.3) is 0 Å². The van der Waals surface area contributed by atoms with Gasteiger partial charge in [0.05, 0.1) is 5.69 Å².